The molecule has 0 saturated carbocycles. The molecule has 5 aromatic rings. The number of hydrogen-bond acceptors (Lipinski definition) is 9. The van der Waals surface area contributed by atoms with E-state index in [1.807, 2.05) is 0 Å². The summed E-state index contributed by atoms with van der Waals surface area (Å²) >= 11 is 7.23. The van der Waals surface area contributed by atoms with Gasteiger partial charge in [0, 0.05) is 34.1 Å². The van der Waals surface area contributed by atoms with Crippen LogP contribution in [0.4, 0.5) is 23.9 Å². The number of aryl methyl sites for hydroxylation is 1. The lowest BCUT2D eigenvalue weighted by Gasteiger charge is -2.24. The Balaban J connectivity index is 1.45. The molecule has 3 heterocycles. The molecule has 0 aliphatic heterocycles. The second-order valence-corrected chi connectivity index (χ2v) is 13.1. The number of nitrogen functional groups attached to an aromatic ring is 1. The summed E-state index contributed by atoms with van der Waals surface area (Å²) in [5, 5.41) is 18.1. The van der Waals surface area contributed by atoms with Crippen molar-refractivity contribution in [1.82, 2.24) is 25.1 Å². The summed E-state index contributed by atoms with van der Waals surface area (Å²) in [7, 11) is 0. The van der Waals surface area contributed by atoms with Crippen molar-refractivity contribution in [1.29, 1.82) is 0 Å². The van der Waals surface area contributed by atoms with Gasteiger partial charge in [-0.15, -0.1) is 11.3 Å². The number of rotatable bonds is 9. The summed E-state index contributed by atoms with van der Waals surface area (Å²) < 4.78 is 56.3. The molecule has 48 heavy (non-hydrogen) atoms. The Hall–Kier alpha value is -4.89. The zero-order chi connectivity index (χ0) is 35.0. The van der Waals surface area contributed by atoms with Crippen molar-refractivity contribution < 1.29 is 37.3 Å². The molecule has 0 saturated heterocycles. The van der Waals surface area contributed by atoms with E-state index in [1.165, 1.54) is 29.1 Å². The fraction of sp³-hybridized carbons (Fsp3) is 0.281. The van der Waals surface area contributed by atoms with Crippen molar-refractivity contribution in [3.8, 4) is 22.7 Å². The van der Waals surface area contributed by atoms with Crippen LogP contribution >= 0.6 is 22.9 Å². The first-order chi connectivity index (χ1) is 22.5. The first-order valence-electron chi connectivity index (χ1n) is 14.4. The van der Waals surface area contributed by atoms with Crippen LogP contribution < -0.4 is 15.8 Å². The Morgan fingerprint density at radius 3 is 2.42 bits per heavy atom. The molecule has 1 amide bonds. The van der Waals surface area contributed by atoms with Crippen LogP contribution in [0.2, 0.25) is 5.02 Å². The number of hydrogen-bond donors (Lipinski definition) is 3. The van der Waals surface area contributed by atoms with Crippen LogP contribution in [0.15, 0.2) is 60.1 Å². The van der Waals surface area contributed by atoms with Gasteiger partial charge >= 0.3 is 18.2 Å². The molecule has 3 aromatic heterocycles. The minimum Gasteiger partial charge on any atom is -0.480 e. The number of anilines is 1. The number of benzene rings is 2. The van der Waals surface area contributed by atoms with Gasteiger partial charge in [0.25, 0.3) is 0 Å². The van der Waals surface area contributed by atoms with E-state index in [0.717, 1.165) is 11.3 Å². The average molecular weight is 703 g/mol. The maximum atomic E-state index is 14.7. The van der Waals surface area contributed by atoms with Gasteiger partial charge in [0.2, 0.25) is 17.9 Å². The highest BCUT2D eigenvalue weighted by Gasteiger charge is 2.45. The summed E-state index contributed by atoms with van der Waals surface area (Å²) in [4.78, 5) is 32.3. The van der Waals surface area contributed by atoms with Gasteiger partial charge in [-0.25, -0.2) is 19.3 Å². The molecule has 11 nitrogen and oxygen atoms in total. The van der Waals surface area contributed by atoms with E-state index >= 15 is 0 Å². The lowest BCUT2D eigenvalue weighted by Crippen LogP contribution is -2.44. The van der Waals surface area contributed by atoms with Gasteiger partial charge in [-0.05, 0) is 57.0 Å². The SMILES string of the molecule is Cc1ccn(-c2cc(Cl)ccc2C(Oc2nc(N)nc3c(-c4ccc(CC(NC(=O)OC(C)(C)C)C(=O)O)cc4)csc23)C(F)(F)F)n1. The monoisotopic (exact) mass is 702 g/mol. The number of alkyl halides is 3. The van der Waals surface area contributed by atoms with E-state index in [9.17, 15) is 27.9 Å². The van der Waals surface area contributed by atoms with Crippen LogP contribution in [0.1, 0.15) is 43.7 Å². The number of amides is 1. The topological polar surface area (TPSA) is 154 Å². The number of fused-ring (bicyclic) bond motifs is 1. The van der Waals surface area contributed by atoms with Gasteiger partial charge in [0.1, 0.15) is 16.3 Å². The van der Waals surface area contributed by atoms with Crippen molar-refractivity contribution in [2.24, 2.45) is 0 Å². The van der Waals surface area contributed by atoms with Gasteiger partial charge in [0.15, 0.2) is 0 Å². The molecule has 2 unspecified atom stereocenters. The molecular formula is C32H30ClF3N6O5S. The smallest absolute Gasteiger partial charge is 0.429 e. The van der Waals surface area contributed by atoms with E-state index in [2.05, 4.69) is 20.4 Å². The van der Waals surface area contributed by atoms with E-state index < -0.39 is 36.0 Å². The molecule has 5 rings (SSSR count). The average Bonchev–Trinajstić information content (AvgIpc) is 3.61. The zero-order valence-corrected chi connectivity index (χ0v) is 27.6. The van der Waals surface area contributed by atoms with Gasteiger partial charge in [0.05, 0.1) is 16.9 Å². The van der Waals surface area contributed by atoms with E-state index in [0.29, 0.717) is 22.4 Å². The number of ether oxygens (including phenoxy) is 2. The Morgan fingerprint density at radius 1 is 1.10 bits per heavy atom. The number of aliphatic carboxylic acids is 1. The van der Waals surface area contributed by atoms with Crippen LogP contribution in [0, 0.1) is 6.92 Å². The quantitative estimate of drug-likeness (QED) is 0.144. The fourth-order valence-electron chi connectivity index (χ4n) is 4.80. The van der Waals surface area contributed by atoms with Gasteiger partial charge in [-0.3, -0.25) is 0 Å². The molecule has 0 radical (unpaired) electrons. The Kier molecular flexibility index (Phi) is 9.55. The predicted molar refractivity (Wildman–Crippen MR) is 174 cm³/mol. The summed E-state index contributed by atoms with van der Waals surface area (Å²) in [5.41, 5.74) is 7.64. The summed E-state index contributed by atoms with van der Waals surface area (Å²) in [5.74, 6) is -1.90. The Labute approximate surface area is 281 Å². The van der Waals surface area contributed by atoms with Crippen molar-refractivity contribution in [2.75, 3.05) is 5.73 Å². The number of carboxylic acid groups (broad SMARTS) is 1. The van der Waals surface area contributed by atoms with E-state index in [1.54, 1.807) is 63.4 Å². The molecule has 252 valence electrons. The Morgan fingerprint density at radius 2 is 1.81 bits per heavy atom. The second-order valence-electron chi connectivity index (χ2n) is 11.8. The third-order valence-corrected chi connectivity index (χ3v) is 8.06. The molecule has 0 fully saturated rings. The Bertz CT molecular complexity index is 1970. The number of thiophene rings is 1. The second kappa shape index (κ2) is 13.3. The number of alkyl carbamates (subject to hydrolysis) is 1. The summed E-state index contributed by atoms with van der Waals surface area (Å²) in [6.07, 6.45) is -6.71. The maximum absolute atomic E-state index is 14.7. The van der Waals surface area contributed by atoms with Gasteiger partial charge < -0.3 is 25.6 Å². The number of carbonyl (C=O) groups is 2. The largest absolute Gasteiger partial charge is 0.480 e. The number of nitrogens with zero attached hydrogens (tertiary/aromatic N) is 4. The number of aromatic nitrogens is 4. The van der Waals surface area contributed by atoms with Crippen LogP contribution in [-0.4, -0.2) is 54.7 Å². The van der Waals surface area contributed by atoms with Crippen LogP contribution in [0.5, 0.6) is 5.88 Å². The van der Waals surface area contributed by atoms with Gasteiger partial charge in [-0.2, -0.15) is 23.3 Å². The molecule has 0 spiro atoms. The first kappa shape index (κ1) is 34.4. The molecule has 0 aliphatic carbocycles. The third-order valence-electron chi connectivity index (χ3n) is 6.87. The van der Waals surface area contributed by atoms with E-state index in [4.69, 9.17) is 26.8 Å². The van der Waals surface area contributed by atoms with Crippen molar-refractivity contribution in [3.63, 3.8) is 0 Å². The van der Waals surface area contributed by atoms with Gasteiger partial charge in [-0.1, -0.05) is 41.9 Å². The van der Waals surface area contributed by atoms with Crippen LogP contribution in [0.3, 0.4) is 0 Å². The molecule has 4 N–H and O–H groups in total. The number of nitrogens with two attached hydrogens (primary N) is 1. The number of carbonyl (C=O) groups excluding carboxylic acids is 1. The lowest BCUT2D eigenvalue weighted by molar-refractivity contribution is -0.198. The molecule has 16 heteroatoms. The van der Waals surface area contributed by atoms with Crippen molar-refractivity contribution >= 4 is 51.2 Å². The van der Waals surface area contributed by atoms with Crippen molar-refractivity contribution in [2.45, 2.75) is 58.0 Å². The first-order valence-corrected chi connectivity index (χ1v) is 15.7. The number of carboxylic acids is 1. The van der Waals surface area contributed by atoms with E-state index in [-0.39, 0.29) is 44.7 Å². The normalized spacial score (nSPS) is 13.2. The maximum Gasteiger partial charge on any atom is 0.429 e. The highest BCUT2D eigenvalue weighted by molar-refractivity contribution is 7.18. The fourth-order valence-corrected chi connectivity index (χ4v) is 5.92. The molecule has 0 bridgehead atoms. The summed E-state index contributed by atoms with van der Waals surface area (Å²) in [6.45, 7) is 6.70. The zero-order valence-electron chi connectivity index (χ0n) is 26.0. The molecule has 2 aromatic carbocycles. The summed E-state index contributed by atoms with van der Waals surface area (Å²) in [6, 6.07) is 11.1. The van der Waals surface area contributed by atoms with Crippen LogP contribution in [0.25, 0.3) is 27.0 Å². The number of halogens is 4. The highest BCUT2D eigenvalue weighted by atomic mass is 35.5. The van der Waals surface area contributed by atoms with Crippen molar-refractivity contribution in [3.05, 3.63) is 82.0 Å². The molecule has 0 aliphatic rings. The number of nitrogens with one attached hydrogen (secondary N) is 1. The molecule has 2 atom stereocenters. The standard InChI is InChI=1S/C32H30ClF3N6O5S/c1-16-11-12-42(41-16)23-14-19(33)9-10-20(23)26(32(34,35)36)46-27-25-24(39-29(37)40-27)21(15-48-25)18-7-5-17(6-8-18)13-22(28(43)44)38-30(45)47-31(2,3)4/h5-12,14-15,22,26H,13H2,1-4H3,(H,38,45)(H,43,44)(H2,37,39,40). The minimum atomic E-state index is -4.88. The lowest BCUT2D eigenvalue weighted by atomic mass is 10.0. The third kappa shape index (κ3) is 7.97. The van der Waals surface area contributed by atoms with Crippen LogP contribution in [-0.2, 0) is 16.0 Å². The molecular weight excluding hydrogens is 673 g/mol. The highest BCUT2D eigenvalue weighted by Crippen LogP contribution is 2.43. The predicted octanol–water partition coefficient (Wildman–Crippen LogP) is 7.29. The minimum absolute atomic E-state index is 0.0318.